The van der Waals surface area contributed by atoms with E-state index in [-0.39, 0.29) is 27.5 Å². The number of anilines is 2. The van der Waals surface area contributed by atoms with E-state index in [2.05, 4.69) is 9.97 Å². The zero-order chi connectivity index (χ0) is 23.6. The highest BCUT2D eigenvalue weighted by molar-refractivity contribution is 6.35. The van der Waals surface area contributed by atoms with Gasteiger partial charge in [-0.1, -0.05) is 23.2 Å². The Morgan fingerprint density at radius 2 is 1.52 bits per heavy atom. The van der Waals surface area contributed by atoms with Crippen LogP contribution in [0.15, 0.2) is 24.5 Å². The van der Waals surface area contributed by atoms with Crippen LogP contribution in [0.3, 0.4) is 0 Å². The number of carbonyl (C=O) groups is 2. The van der Waals surface area contributed by atoms with E-state index in [1.54, 1.807) is 53.7 Å². The van der Waals surface area contributed by atoms with E-state index < -0.39 is 23.4 Å². The Labute approximate surface area is 190 Å². The van der Waals surface area contributed by atoms with E-state index in [1.165, 1.54) is 6.07 Å². The van der Waals surface area contributed by atoms with Crippen molar-refractivity contribution in [2.75, 3.05) is 10.6 Å². The molecule has 31 heavy (non-hydrogen) atoms. The molecular weight excluding hydrogens is 447 g/mol. The summed E-state index contributed by atoms with van der Waals surface area (Å²) < 4.78 is 16.3. The van der Waals surface area contributed by atoms with Gasteiger partial charge in [0.15, 0.2) is 5.82 Å². The molecule has 1 heterocycles. The zero-order valence-electron chi connectivity index (χ0n) is 18.0. The van der Waals surface area contributed by atoms with Gasteiger partial charge in [0.05, 0.1) is 10.7 Å². The average Bonchev–Trinajstić information content (AvgIpc) is 2.58. The lowest BCUT2D eigenvalue weighted by atomic mass is 10.2. The summed E-state index contributed by atoms with van der Waals surface area (Å²) in [5, 5.41) is 0.0548. The molecule has 0 aliphatic rings. The fraction of sp³-hybridized carbons (Fsp3) is 0.400. The van der Waals surface area contributed by atoms with Gasteiger partial charge >= 0.3 is 12.2 Å². The van der Waals surface area contributed by atoms with E-state index in [9.17, 15) is 9.59 Å². The number of ether oxygens (including phenoxy) is 3. The summed E-state index contributed by atoms with van der Waals surface area (Å²) >= 11 is 12.4. The van der Waals surface area contributed by atoms with Crippen molar-refractivity contribution < 1.29 is 23.8 Å². The number of benzene rings is 1. The van der Waals surface area contributed by atoms with Crippen molar-refractivity contribution in [3.63, 3.8) is 0 Å². The zero-order valence-corrected chi connectivity index (χ0v) is 19.5. The molecule has 0 atom stereocenters. The van der Waals surface area contributed by atoms with Crippen LogP contribution >= 0.6 is 23.2 Å². The summed E-state index contributed by atoms with van der Waals surface area (Å²) in [6.07, 6.45) is -0.968. The number of carbonyl (C=O) groups excluding carboxylic acids is 2. The molecule has 1 aromatic heterocycles. The highest BCUT2D eigenvalue weighted by atomic mass is 35.5. The third-order valence-corrected chi connectivity index (χ3v) is 3.95. The number of nitrogen functional groups attached to an aromatic ring is 1. The quantitative estimate of drug-likeness (QED) is 0.556. The van der Waals surface area contributed by atoms with Crippen LogP contribution in [0.4, 0.5) is 21.1 Å². The van der Waals surface area contributed by atoms with Gasteiger partial charge in [-0.2, -0.15) is 9.88 Å². The summed E-state index contributed by atoms with van der Waals surface area (Å²) in [6, 6.07) is 4.56. The minimum atomic E-state index is -1.02. The van der Waals surface area contributed by atoms with Gasteiger partial charge in [0.25, 0.3) is 0 Å². The molecule has 0 aliphatic heterocycles. The lowest BCUT2D eigenvalue weighted by Crippen LogP contribution is -2.44. The maximum atomic E-state index is 12.8. The van der Waals surface area contributed by atoms with Crippen molar-refractivity contribution in [2.45, 2.75) is 52.7 Å². The molecule has 1 aromatic carbocycles. The number of nitrogens with zero attached hydrogens (tertiary/aromatic N) is 3. The van der Waals surface area contributed by atoms with E-state index in [4.69, 9.17) is 43.1 Å². The molecule has 2 N–H and O–H groups in total. The van der Waals surface area contributed by atoms with E-state index in [0.29, 0.717) is 10.6 Å². The number of rotatable bonds is 3. The smallest absolute Gasteiger partial charge is 0.425 e. The van der Waals surface area contributed by atoms with Crippen molar-refractivity contribution >= 4 is 46.9 Å². The molecule has 9 nitrogen and oxygen atoms in total. The number of aromatic nitrogens is 2. The molecule has 2 aromatic rings. The number of hydrogen-bond donors (Lipinski definition) is 1. The van der Waals surface area contributed by atoms with Crippen molar-refractivity contribution in [2.24, 2.45) is 0 Å². The van der Waals surface area contributed by atoms with Gasteiger partial charge in [-0.3, -0.25) is 0 Å². The van der Waals surface area contributed by atoms with Crippen LogP contribution in [0, 0.1) is 0 Å². The maximum Gasteiger partial charge on any atom is 0.425 e. The van der Waals surface area contributed by atoms with Crippen LogP contribution < -0.4 is 15.4 Å². The molecule has 0 spiro atoms. The van der Waals surface area contributed by atoms with Crippen molar-refractivity contribution in [1.82, 2.24) is 9.97 Å². The fourth-order valence-corrected chi connectivity index (χ4v) is 2.51. The molecule has 0 radical (unpaired) electrons. The molecule has 2 rings (SSSR count). The molecule has 11 heteroatoms. The van der Waals surface area contributed by atoms with Crippen LogP contribution in [0.25, 0.3) is 0 Å². The Morgan fingerprint density at radius 3 is 2.00 bits per heavy atom. The summed E-state index contributed by atoms with van der Waals surface area (Å²) in [7, 11) is 0. The fourth-order valence-electron chi connectivity index (χ4n) is 2.12. The predicted molar refractivity (Wildman–Crippen MR) is 118 cm³/mol. The Morgan fingerprint density at radius 1 is 0.968 bits per heavy atom. The normalized spacial score (nSPS) is 11.6. The maximum absolute atomic E-state index is 12.8. The Bertz CT molecular complexity index is 959. The molecule has 0 unspecified atom stereocenters. The van der Waals surface area contributed by atoms with Crippen molar-refractivity contribution in [3.8, 4) is 11.6 Å². The molecule has 2 amide bonds. The second-order valence-corrected chi connectivity index (χ2v) is 9.18. The molecule has 168 valence electrons. The van der Waals surface area contributed by atoms with Gasteiger partial charge < -0.3 is 19.9 Å². The number of nitrogens with two attached hydrogens (primary N) is 1. The van der Waals surface area contributed by atoms with E-state index in [0.717, 1.165) is 6.33 Å². The highest BCUT2D eigenvalue weighted by Gasteiger charge is 2.36. The largest absolute Gasteiger partial charge is 0.443 e. The number of imide groups is 1. The summed E-state index contributed by atoms with van der Waals surface area (Å²) in [6.45, 7) is 9.91. The van der Waals surface area contributed by atoms with Gasteiger partial charge in [0, 0.05) is 6.07 Å². The lowest BCUT2D eigenvalue weighted by Gasteiger charge is -2.28. The third-order valence-electron chi connectivity index (χ3n) is 3.29. The Hall–Kier alpha value is -2.78. The monoisotopic (exact) mass is 470 g/mol. The van der Waals surface area contributed by atoms with Crippen molar-refractivity contribution in [1.29, 1.82) is 0 Å². The van der Waals surface area contributed by atoms with Crippen LogP contribution in [-0.2, 0) is 9.47 Å². The number of amides is 2. The number of halogens is 2. The highest BCUT2D eigenvalue weighted by Crippen LogP contribution is 2.36. The van der Waals surface area contributed by atoms with E-state index >= 15 is 0 Å². The molecule has 0 bridgehead atoms. The third kappa shape index (κ3) is 6.86. The van der Waals surface area contributed by atoms with Crippen LogP contribution in [0.5, 0.6) is 11.6 Å². The predicted octanol–water partition coefficient (Wildman–Crippen LogP) is 5.83. The Kier molecular flexibility index (Phi) is 7.23. The average molecular weight is 471 g/mol. The molecular formula is C20H24Cl2N4O5. The Balaban J connectivity index is 2.47. The summed E-state index contributed by atoms with van der Waals surface area (Å²) in [5.74, 6) is -0.104. The van der Waals surface area contributed by atoms with Crippen LogP contribution in [0.1, 0.15) is 41.5 Å². The van der Waals surface area contributed by atoms with Gasteiger partial charge in [-0.25, -0.2) is 14.6 Å². The van der Waals surface area contributed by atoms with Gasteiger partial charge in [0.2, 0.25) is 5.88 Å². The first-order valence-corrected chi connectivity index (χ1v) is 9.93. The van der Waals surface area contributed by atoms with Gasteiger partial charge in [0.1, 0.15) is 28.3 Å². The molecule has 0 saturated heterocycles. The van der Waals surface area contributed by atoms with Crippen LogP contribution in [0.2, 0.25) is 10.0 Å². The second-order valence-electron chi connectivity index (χ2n) is 8.40. The minimum absolute atomic E-state index is 0.121. The molecule has 0 fully saturated rings. The number of hydrogen-bond acceptors (Lipinski definition) is 8. The van der Waals surface area contributed by atoms with Gasteiger partial charge in [-0.15, -0.1) is 0 Å². The first-order valence-electron chi connectivity index (χ1n) is 9.17. The second kappa shape index (κ2) is 9.15. The summed E-state index contributed by atoms with van der Waals surface area (Å²) in [5.41, 5.74) is 4.28. The first-order chi connectivity index (χ1) is 14.2. The first kappa shape index (κ1) is 24.5. The van der Waals surface area contributed by atoms with Gasteiger partial charge in [-0.05, 0) is 53.7 Å². The molecule has 0 saturated carbocycles. The SMILES string of the molecule is CC(C)(C)OC(=O)N(C(=O)OC(C)(C)C)c1ncnc(Oc2ccc(N)c(Cl)c2)c1Cl. The standard InChI is InChI=1S/C20H24Cl2N4O5/c1-19(2,3)30-17(27)26(18(28)31-20(4,5)6)15-14(22)16(25-10-24-15)29-11-7-8-13(23)12(21)9-11/h7-10H,23H2,1-6H3. The minimum Gasteiger partial charge on any atom is -0.443 e. The van der Waals surface area contributed by atoms with Crippen molar-refractivity contribution in [3.05, 3.63) is 34.6 Å². The summed E-state index contributed by atoms with van der Waals surface area (Å²) in [4.78, 5) is 34.1. The van der Waals surface area contributed by atoms with Crippen LogP contribution in [-0.4, -0.2) is 33.4 Å². The van der Waals surface area contributed by atoms with E-state index in [1.807, 2.05) is 0 Å². The lowest BCUT2D eigenvalue weighted by molar-refractivity contribution is 0.0429. The topological polar surface area (TPSA) is 117 Å². The molecule has 0 aliphatic carbocycles.